The number of carboxylic acids is 1. The molecule has 2 rings (SSSR count). The lowest BCUT2D eigenvalue weighted by molar-refractivity contribution is -0.131. The molecule has 2 unspecified atom stereocenters. The number of rotatable bonds is 3. The van der Waals surface area contributed by atoms with Crippen molar-refractivity contribution < 1.29 is 9.90 Å². The second-order valence-electron chi connectivity index (χ2n) is 5.24. The van der Waals surface area contributed by atoms with Crippen LogP contribution >= 0.6 is 11.6 Å². The summed E-state index contributed by atoms with van der Waals surface area (Å²) in [5.74, 6) is 0.382. The molecule has 2 atom stereocenters. The van der Waals surface area contributed by atoms with Gasteiger partial charge in [-0.25, -0.2) is 4.79 Å². The maximum Gasteiger partial charge on any atom is 0.328 e. The molecule has 0 saturated carbocycles. The first kappa shape index (κ1) is 13.9. The highest BCUT2D eigenvalue weighted by molar-refractivity contribution is 6.33. The number of benzene rings is 1. The van der Waals surface area contributed by atoms with Crippen molar-refractivity contribution in [2.24, 2.45) is 11.8 Å². The minimum absolute atomic E-state index is 0.669. The summed E-state index contributed by atoms with van der Waals surface area (Å²) >= 11 is 6.30. The van der Waals surface area contributed by atoms with Gasteiger partial charge in [-0.05, 0) is 35.6 Å². The van der Waals surface area contributed by atoms with Crippen molar-refractivity contribution in [3.63, 3.8) is 0 Å². The van der Waals surface area contributed by atoms with Crippen molar-refractivity contribution in [2.75, 3.05) is 18.0 Å². The third kappa shape index (κ3) is 3.29. The Labute approximate surface area is 118 Å². The zero-order valence-corrected chi connectivity index (χ0v) is 11.9. The first-order chi connectivity index (χ1) is 8.97. The van der Waals surface area contributed by atoms with E-state index in [-0.39, 0.29) is 0 Å². The Morgan fingerprint density at radius 3 is 2.53 bits per heavy atom. The van der Waals surface area contributed by atoms with Crippen molar-refractivity contribution in [1.82, 2.24) is 0 Å². The minimum atomic E-state index is -0.956. The third-order valence-electron chi connectivity index (χ3n) is 3.72. The molecule has 0 bridgehead atoms. The Balaban J connectivity index is 2.18. The van der Waals surface area contributed by atoms with Crippen molar-refractivity contribution in [3.05, 3.63) is 34.9 Å². The maximum absolute atomic E-state index is 10.5. The van der Waals surface area contributed by atoms with Crippen LogP contribution in [-0.2, 0) is 4.79 Å². The summed E-state index contributed by atoms with van der Waals surface area (Å²) in [6, 6.07) is 5.67. The zero-order valence-electron chi connectivity index (χ0n) is 11.1. The van der Waals surface area contributed by atoms with Crippen molar-refractivity contribution in [3.8, 4) is 0 Å². The highest BCUT2D eigenvalue weighted by atomic mass is 35.5. The summed E-state index contributed by atoms with van der Waals surface area (Å²) < 4.78 is 0. The molecule has 1 aliphatic rings. The second-order valence-corrected chi connectivity index (χ2v) is 5.65. The van der Waals surface area contributed by atoms with Gasteiger partial charge in [-0.3, -0.25) is 0 Å². The molecule has 4 heteroatoms. The van der Waals surface area contributed by atoms with Gasteiger partial charge in [0.25, 0.3) is 0 Å². The summed E-state index contributed by atoms with van der Waals surface area (Å²) in [6.45, 7) is 6.54. The summed E-state index contributed by atoms with van der Waals surface area (Å²) in [4.78, 5) is 12.8. The van der Waals surface area contributed by atoms with E-state index in [2.05, 4.69) is 18.7 Å². The van der Waals surface area contributed by atoms with Gasteiger partial charge < -0.3 is 10.0 Å². The lowest BCUT2D eigenvalue weighted by Gasteiger charge is -2.20. The van der Waals surface area contributed by atoms with Crippen LogP contribution in [0.5, 0.6) is 0 Å². The van der Waals surface area contributed by atoms with Crippen molar-refractivity contribution in [1.29, 1.82) is 0 Å². The van der Waals surface area contributed by atoms with Crippen LogP contribution in [0.25, 0.3) is 6.08 Å². The van der Waals surface area contributed by atoms with E-state index < -0.39 is 5.97 Å². The number of aliphatic carboxylic acids is 1. The zero-order chi connectivity index (χ0) is 14.0. The molecule has 3 nitrogen and oxygen atoms in total. The van der Waals surface area contributed by atoms with E-state index in [1.165, 1.54) is 0 Å². The van der Waals surface area contributed by atoms with Gasteiger partial charge >= 0.3 is 5.97 Å². The van der Waals surface area contributed by atoms with E-state index in [9.17, 15) is 4.79 Å². The minimum Gasteiger partial charge on any atom is -0.478 e. The number of hydrogen-bond acceptors (Lipinski definition) is 2. The van der Waals surface area contributed by atoms with E-state index >= 15 is 0 Å². The quantitative estimate of drug-likeness (QED) is 0.861. The van der Waals surface area contributed by atoms with Gasteiger partial charge in [-0.15, -0.1) is 0 Å². The van der Waals surface area contributed by atoms with Gasteiger partial charge in [0.1, 0.15) is 0 Å². The van der Waals surface area contributed by atoms with E-state index in [1.54, 1.807) is 6.08 Å². The first-order valence-electron chi connectivity index (χ1n) is 6.43. The first-order valence-corrected chi connectivity index (χ1v) is 6.80. The molecule has 0 spiro atoms. The predicted octanol–water partition coefficient (Wildman–Crippen LogP) is 3.53. The smallest absolute Gasteiger partial charge is 0.328 e. The summed E-state index contributed by atoms with van der Waals surface area (Å²) in [7, 11) is 0. The molecule has 0 aliphatic carbocycles. The average Bonchev–Trinajstić information content (AvgIpc) is 2.67. The standard InChI is InChI=1S/C15H18ClNO2/c1-10-8-17(9-11(10)2)14-5-3-12(7-13(14)16)4-6-15(18)19/h3-7,10-11H,8-9H2,1-2H3,(H,18,19)/b6-4+. The van der Waals surface area contributed by atoms with E-state index in [1.807, 2.05) is 18.2 Å². The highest BCUT2D eigenvalue weighted by Gasteiger charge is 2.27. The highest BCUT2D eigenvalue weighted by Crippen LogP contribution is 2.33. The number of nitrogens with zero attached hydrogens (tertiary/aromatic N) is 1. The van der Waals surface area contributed by atoms with E-state index in [4.69, 9.17) is 16.7 Å². The molecule has 1 heterocycles. The number of anilines is 1. The second kappa shape index (κ2) is 5.66. The molecule has 1 saturated heterocycles. The predicted molar refractivity (Wildman–Crippen MR) is 78.7 cm³/mol. The summed E-state index contributed by atoms with van der Waals surface area (Å²) in [5, 5.41) is 9.28. The Morgan fingerprint density at radius 1 is 1.37 bits per heavy atom. The fraction of sp³-hybridized carbons (Fsp3) is 0.400. The fourth-order valence-corrected chi connectivity index (χ4v) is 2.69. The molecule has 1 aromatic rings. The van der Waals surface area contributed by atoms with Crippen molar-refractivity contribution >= 4 is 29.3 Å². The Morgan fingerprint density at radius 2 is 2.00 bits per heavy atom. The van der Waals surface area contributed by atoms with Crippen LogP contribution < -0.4 is 4.90 Å². The monoisotopic (exact) mass is 279 g/mol. The maximum atomic E-state index is 10.5. The van der Waals surface area contributed by atoms with Crippen LogP contribution in [-0.4, -0.2) is 24.2 Å². The van der Waals surface area contributed by atoms with E-state index in [0.717, 1.165) is 30.4 Å². The molecular weight excluding hydrogens is 262 g/mol. The number of carbonyl (C=O) groups is 1. The number of halogens is 1. The fourth-order valence-electron chi connectivity index (χ4n) is 2.38. The Hall–Kier alpha value is -1.48. The molecule has 1 aromatic carbocycles. The lowest BCUT2D eigenvalue weighted by atomic mass is 10.0. The van der Waals surface area contributed by atoms with Gasteiger partial charge in [0.15, 0.2) is 0 Å². The van der Waals surface area contributed by atoms with Crippen LogP contribution in [0.1, 0.15) is 19.4 Å². The Bertz CT molecular complexity index is 503. The van der Waals surface area contributed by atoms with Gasteiger partial charge in [-0.1, -0.05) is 31.5 Å². The largest absolute Gasteiger partial charge is 0.478 e. The van der Waals surface area contributed by atoms with Gasteiger partial charge in [0.05, 0.1) is 10.7 Å². The molecule has 102 valence electrons. The van der Waals surface area contributed by atoms with Crippen LogP contribution in [0.2, 0.25) is 5.02 Å². The third-order valence-corrected chi connectivity index (χ3v) is 4.02. The lowest BCUT2D eigenvalue weighted by Crippen LogP contribution is -2.19. The van der Waals surface area contributed by atoms with Gasteiger partial charge in [0.2, 0.25) is 0 Å². The van der Waals surface area contributed by atoms with Crippen LogP contribution in [0, 0.1) is 11.8 Å². The molecule has 0 aromatic heterocycles. The normalized spacial score (nSPS) is 23.2. The molecule has 1 aliphatic heterocycles. The van der Waals surface area contributed by atoms with Gasteiger partial charge in [0, 0.05) is 19.2 Å². The topological polar surface area (TPSA) is 40.5 Å². The van der Waals surface area contributed by atoms with Crippen LogP contribution in [0.15, 0.2) is 24.3 Å². The van der Waals surface area contributed by atoms with Crippen molar-refractivity contribution in [2.45, 2.75) is 13.8 Å². The SMILES string of the molecule is CC1CN(c2ccc(/C=C/C(=O)O)cc2Cl)CC1C. The molecule has 1 fully saturated rings. The average molecular weight is 280 g/mol. The van der Waals surface area contributed by atoms with Gasteiger partial charge in [-0.2, -0.15) is 0 Å². The molecule has 0 radical (unpaired) electrons. The number of hydrogen-bond donors (Lipinski definition) is 1. The van der Waals surface area contributed by atoms with Crippen LogP contribution in [0.3, 0.4) is 0 Å². The molecular formula is C15H18ClNO2. The summed E-state index contributed by atoms with van der Waals surface area (Å²) in [5.41, 5.74) is 1.83. The molecule has 1 N–H and O–H groups in total. The number of carboxylic acid groups (broad SMARTS) is 1. The molecule has 19 heavy (non-hydrogen) atoms. The Kier molecular flexibility index (Phi) is 4.15. The van der Waals surface area contributed by atoms with Crippen LogP contribution in [0.4, 0.5) is 5.69 Å². The summed E-state index contributed by atoms with van der Waals surface area (Å²) in [6.07, 6.45) is 2.67. The molecule has 0 amide bonds. The van der Waals surface area contributed by atoms with E-state index in [0.29, 0.717) is 16.9 Å².